The van der Waals surface area contributed by atoms with Gasteiger partial charge in [0, 0.05) is 17.9 Å². The predicted octanol–water partition coefficient (Wildman–Crippen LogP) is 4.12. The van der Waals surface area contributed by atoms with E-state index in [2.05, 4.69) is 15.0 Å². The molecule has 10 heteroatoms. The van der Waals surface area contributed by atoms with Gasteiger partial charge in [-0.15, -0.1) is 0 Å². The molecule has 1 fully saturated rings. The van der Waals surface area contributed by atoms with Crippen molar-refractivity contribution >= 4 is 21.6 Å². The molecule has 0 saturated heterocycles. The molecule has 0 bridgehead atoms. The smallest absolute Gasteiger partial charge is 0.385 e. The van der Waals surface area contributed by atoms with Crippen LogP contribution in [0, 0.1) is 0 Å². The van der Waals surface area contributed by atoms with Crippen molar-refractivity contribution in [2.45, 2.75) is 61.9 Å². The Labute approximate surface area is 184 Å². The highest BCUT2D eigenvalue weighted by Crippen LogP contribution is 2.51. The van der Waals surface area contributed by atoms with Crippen molar-refractivity contribution in [2.75, 3.05) is 11.9 Å². The number of alkyl halides is 3. The molecule has 2 aliphatic rings. The van der Waals surface area contributed by atoms with E-state index in [-0.39, 0.29) is 16.5 Å². The number of fused-ring (bicyclic) bond motifs is 1. The van der Waals surface area contributed by atoms with Gasteiger partial charge in [-0.3, -0.25) is 4.79 Å². The minimum absolute atomic E-state index is 0.0426. The van der Waals surface area contributed by atoms with Crippen LogP contribution in [0.2, 0.25) is 0 Å². The lowest BCUT2D eigenvalue weighted by atomic mass is 9.89. The fourth-order valence-corrected chi connectivity index (χ4v) is 5.57. The summed E-state index contributed by atoms with van der Waals surface area (Å²) in [5.41, 5.74) is -0.366. The van der Waals surface area contributed by atoms with Crippen molar-refractivity contribution in [1.29, 1.82) is 0 Å². The predicted molar refractivity (Wildman–Crippen MR) is 113 cm³/mol. The third-order valence-electron chi connectivity index (χ3n) is 6.03. The number of benzene rings is 1. The molecule has 32 heavy (non-hydrogen) atoms. The van der Waals surface area contributed by atoms with Crippen molar-refractivity contribution < 1.29 is 26.4 Å². The summed E-state index contributed by atoms with van der Waals surface area (Å²) in [6.45, 7) is 4.13. The number of hydrogen-bond donors (Lipinski definition) is 2. The molecule has 1 aliphatic carbocycles. The molecule has 0 radical (unpaired) electrons. The highest BCUT2D eigenvalue weighted by atomic mass is 32.2. The van der Waals surface area contributed by atoms with Crippen molar-refractivity contribution in [3.05, 3.63) is 52.8 Å². The lowest BCUT2D eigenvalue weighted by Crippen LogP contribution is -2.40. The number of anilines is 1. The SMILES string of the molecule is CC(C)c1nc(C(F)(F)F)ccc1C1(C(=O)NS(=O)(=O)c2cccc3c2CCCN3)CC1. The van der Waals surface area contributed by atoms with E-state index < -0.39 is 33.2 Å². The van der Waals surface area contributed by atoms with Gasteiger partial charge in [-0.05, 0) is 60.9 Å². The summed E-state index contributed by atoms with van der Waals surface area (Å²) in [6.07, 6.45) is -2.58. The molecular weight excluding hydrogens is 443 g/mol. The van der Waals surface area contributed by atoms with Crippen LogP contribution in [0.3, 0.4) is 0 Å². The fourth-order valence-electron chi connectivity index (χ4n) is 4.23. The Morgan fingerprint density at radius 3 is 2.53 bits per heavy atom. The minimum atomic E-state index is -4.61. The van der Waals surface area contributed by atoms with E-state index in [9.17, 15) is 26.4 Å². The Morgan fingerprint density at radius 1 is 1.19 bits per heavy atom. The van der Waals surface area contributed by atoms with Crippen molar-refractivity contribution in [3.63, 3.8) is 0 Å². The molecule has 2 aromatic rings. The molecule has 0 spiro atoms. The molecular formula is C22H24F3N3O3S. The average Bonchev–Trinajstić information content (AvgIpc) is 3.54. The summed E-state index contributed by atoms with van der Waals surface area (Å²) >= 11 is 0. The summed E-state index contributed by atoms with van der Waals surface area (Å²) in [6, 6.07) is 6.97. The number of nitrogens with zero attached hydrogens (tertiary/aromatic N) is 1. The Bertz CT molecular complexity index is 1170. The third-order valence-corrected chi connectivity index (χ3v) is 7.45. The molecule has 6 nitrogen and oxygen atoms in total. The lowest BCUT2D eigenvalue weighted by molar-refractivity contribution is -0.141. The van der Waals surface area contributed by atoms with Gasteiger partial charge < -0.3 is 5.32 Å². The molecule has 1 aromatic heterocycles. The molecule has 1 aromatic carbocycles. The summed E-state index contributed by atoms with van der Waals surface area (Å²) < 4.78 is 67.9. The van der Waals surface area contributed by atoms with Crippen LogP contribution in [0.1, 0.15) is 61.5 Å². The number of aromatic nitrogens is 1. The van der Waals surface area contributed by atoms with Crippen LogP contribution in [-0.4, -0.2) is 25.9 Å². The van der Waals surface area contributed by atoms with Crippen molar-refractivity contribution in [2.24, 2.45) is 0 Å². The molecule has 0 unspecified atom stereocenters. The molecule has 4 rings (SSSR count). The first-order chi connectivity index (χ1) is 15.0. The molecule has 2 N–H and O–H groups in total. The lowest BCUT2D eigenvalue weighted by Gasteiger charge is -2.23. The molecule has 1 saturated carbocycles. The van der Waals surface area contributed by atoms with Crippen LogP contribution >= 0.6 is 0 Å². The quantitative estimate of drug-likeness (QED) is 0.691. The Kier molecular flexibility index (Phi) is 5.47. The first-order valence-electron chi connectivity index (χ1n) is 10.5. The van der Waals surface area contributed by atoms with E-state index in [4.69, 9.17) is 0 Å². The van der Waals surface area contributed by atoms with Crippen LogP contribution in [-0.2, 0) is 32.8 Å². The maximum atomic E-state index is 13.2. The van der Waals surface area contributed by atoms with E-state index in [0.29, 0.717) is 30.4 Å². The number of halogens is 3. The van der Waals surface area contributed by atoms with Gasteiger partial charge >= 0.3 is 6.18 Å². The average molecular weight is 468 g/mol. The van der Waals surface area contributed by atoms with Gasteiger partial charge in [0.05, 0.1) is 10.3 Å². The number of sulfonamides is 1. The highest BCUT2D eigenvalue weighted by molar-refractivity contribution is 7.90. The van der Waals surface area contributed by atoms with Crippen molar-refractivity contribution in [3.8, 4) is 0 Å². The van der Waals surface area contributed by atoms with E-state index >= 15 is 0 Å². The van der Waals surface area contributed by atoms with Gasteiger partial charge in [0.2, 0.25) is 5.91 Å². The van der Waals surface area contributed by atoms with Gasteiger partial charge in [0.25, 0.3) is 10.0 Å². The topological polar surface area (TPSA) is 88.2 Å². The molecule has 172 valence electrons. The van der Waals surface area contributed by atoms with Gasteiger partial charge in [-0.25, -0.2) is 18.1 Å². The Morgan fingerprint density at radius 2 is 1.91 bits per heavy atom. The van der Waals surface area contributed by atoms with Crippen LogP contribution in [0.15, 0.2) is 35.2 Å². The third kappa shape index (κ3) is 3.96. The molecule has 0 atom stereocenters. The zero-order valence-electron chi connectivity index (χ0n) is 17.7. The second kappa shape index (κ2) is 7.75. The number of rotatable bonds is 5. The van der Waals surface area contributed by atoms with Crippen LogP contribution < -0.4 is 10.0 Å². The number of amides is 1. The molecule has 1 aliphatic heterocycles. The zero-order chi connectivity index (χ0) is 23.3. The maximum Gasteiger partial charge on any atom is 0.433 e. The Hall–Kier alpha value is -2.62. The van der Waals surface area contributed by atoms with E-state index in [1.807, 2.05) is 0 Å². The van der Waals surface area contributed by atoms with Gasteiger partial charge in [-0.2, -0.15) is 13.2 Å². The summed E-state index contributed by atoms with van der Waals surface area (Å²) in [5.74, 6) is -1.11. The Balaban J connectivity index is 1.68. The van der Waals surface area contributed by atoms with Crippen molar-refractivity contribution in [1.82, 2.24) is 9.71 Å². The number of pyridine rings is 1. The fraction of sp³-hybridized carbons (Fsp3) is 0.455. The maximum absolute atomic E-state index is 13.2. The van der Waals surface area contributed by atoms with Crippen LogP contribution in [0.5, 0.6) is 0 Å². The number of hydrogen-bond acceptors (Lipinski definition) is 5. The van der Waals surface area contributed by atoms with Gasteiger partial charge in [0.15, 0.2) is 0 Å². The van der Waals surface area contributed by atoms with Crippen LogP contribution in [0.4, 0.5) is 18.9 Å². The number of carbonyl (C=O) groups excluding carboxylic acids is 1. The molecule has 2 heterocycles. The van der Waals surface area contributed by atoms with Gasteiger partial charge in [-0.1, -0.05) is 26.0 Å². The summed E-state index contributed by atoms with van der Waals surface area (Å²) in [7, 11) is -4.16. The minimum Gasteiger partial charge on any atom is -0.385 e. The van der Waals surface area contributed by atoms with Crippen LogP contribution in [0.25, 0.3) is 0 Å². The first kappa shape index (κ1) is 22.6. The normalized spacial score (nSPS) is 17.4. The second-order valence-corrected chi connectivity index (χ2v) is 10.3. The number of nitrogens with one attached hydrogen (secondary N) is 2. The van der Waals surface area contributed by atoms with E-state index in [0.717, 1.165) is 24.7 Å². The standard InChI is InChI=1S/C22H24F3N3O3S/c1-13(2)19-15(8-9-18(27-19)22(23,24)25)21(10-11-21)20(29)28-32(30,31)17-7-3-6-16-14(17)5-4-12-26-16/h3,6-9,13,26H,4-5,10-12H2,1-2H3,(H,28,29). The van der Waals surface area contributed by atoms with Gasteiger partial charge in [0.1, 0.15) is 5.69 Å². The van der Waals surface area contributed by atoms with E-state index in [1.165, 1.54) is 12.1 Å². The number of carbonyl (C=O) groups is 1. The monoisotopic (exact) mass is 467 g/mol. The zero-order valence-corrected chi connectivity index (χ0v) is 18.5. The van der Waals surface area contributed by atoms with E-state index in [1.54, 1.807) is 26.0 Å². The summed E-state index contributed by atoms with van der Waals surface area (Å²) in [5, 5.41) is 3.16. The summed E-state index contributed by atoms with van der Waals surface area (Å²) in [4.78, 5) is 17.0. The largest absolute Gasteiger partial charge is 0.433 e. The second-order valence-electron chi connectivity index (χ2n) is 8.61. The molecule has 1 amide bonds. The first-order valence-corrected chi connectivity index (χ1v) is 12.0. The highest BCUT2D eigenvalue weighted by Gasteiger charge is 2.54.